The summed E-state index contributed by atoms with van der Waals surface area (Å²) >= 11 is 0. The van der Waals surface area contributed by atoms with Gasteiger partial charge in [0.15, 0.2) is 12.2 Å². The molecule has 1 fully saturated rings. The van der Waals surface area contributed by atoms with Crippen LogP contribution in [0, 0.1) is 0 Å². The topological polar surface area (TPSA) is 118 Å². The average molecular weight is 382 g/mol. The molecule has 1 aliphatic heterocycles. The van der Waals surface area contributed by atoms with Crippen LogP contribution in [0.3, 0.4) is 0 Å². The smallest absolute Gasteiger partial charge is 0.337 e. The van der Waals surface area contributed by atoms with E-state index in [4.69, 9.17) is 18.9 Å². The number of carbonyl (C=O) groups is 3. The van der Waals surface area contributed by atoms with E-state index in [2.05, 4.69) is 4.74 Å². The van der Waals surface area contributed by atoms with E-state index in [0.717, 1.165) is 26.5 Å². The second kappa shape index (κ2) is 9.45. The maximum Gasteiger partial charge on any atom is 0.337 e. The van der Waals surface area contributed by atoms with E-state index >= 15 is 0 Å². The molecule has 0 radical (unpaired) electrons. The molecule has 0 amide bonds. The van der Waals surface area contributed by atoms with Crippen molar-refractivity contribution in [1.29, 1.82) is 0 Å². The quantitative estimate of drug-likeness (QED) is 0.548. The van der Waals surface area contributed by atoms with Crippen LogP contribution in [0.2, 0.25) is 0 Å². The van der Waals surface area contributed by atoms with Gasteiger partial charge in [-0.2, -0.15) is 0 Å². The molecule has 1 N–H and O–H groups in total. The van der Waals surface area contributed by atoms with E-state index in [1.165, 1.54) is 0 Å². The van der Waals surface area contributed by atoms with Crippen molar-refractivity contribution < 1.29 is 43.2 Å². The highest BCUT2D eigenvalue weighted by Crippen LogP contribution is 2.28. The molecule has 9 nitrogen and oxygen atoms in total. The Kier molecular flexibility index (Phi) is 7.28. The Hall–Kier alpha value is -2.49. The third-order valence-corrected chi connectivity index (χ3v) is 3.82. The van der Waals surface area contributed by atoms with Gasteiger partial charge in [0, 0.05) is 13.8 Å². The van der Waals surface area contributed by atoms with Gasteiger partial charge < -0.3 is 28.8 Å². The van der Waals surface area contributed by atoms with Gasteiger partial charge in [-0.3, -0.25) is 9.59 Å². The van der Waals surface area contributed by atoms with Crippen molar-refractivity contribution in [2.45, 2.75) is 51.2 Å². The second-order valence-electron chi connectivity index (χ2n) is 5.88. The van der Waals surface area contributed by atoms with Gasteiger partial charge >= 0.3 is 17.9 Å². The summed E-state index contributed by atoms with van der Waals surface area (Å²) in [4.78, 5) is 34.8. The van der Waals surface area contributed by atoms with Crippen molar-refractivity contribution in [2.75, 3.05) is 7.11 Å². The SMILES string of the molecule is COC(=O)C1O[C@@H](OC(C)=O)C(OC(C)=O)[C@H](OCc2ccccc2)[C@@H]1O. The van der Waals surface area contributed by atoms with Crippen LogP contribution < -0.4 is 0 Å². The molecule has 0 aliphatic carbocycles. The van der Waals surface area contributed by atoms with Crippen LogP contribution in [0.25, 0.3) is 0 Å². The molecule has 0 spiro atoms. The first-order chi connectivity index (χ1) is 12.8. The Morgan fingerprint density at radius 1 is 1.04 bits per heavy atom. The summed E-state index contributed by atoms with van der Waals surface area (Å²) in [6.45, 7) is 2.34. The molecule has 27 heavy (non-hydrogen) atoms. The fraction of sp³-hybridized carbons (Fsp3) is 0.500. The summed E-state index contributed by atoms with van der Waals surface area (Å²) in [5.74, 6) is -2.30. The highest BCUT2D eigenvalue weighted by atomic mass is 16.7. The van der Waals surface area contributed by atoms with E-state index in [1.54, 1.807) is 12.1 Å². The highest BCUT2D eigenvalue weighted by molar-refractivity contribution is 5.76. The van der Waals surface area contributed by atoms with Crippen molar-refractivity contribution in [3.8, 4) is 0 Å². The van der Waals surface area contributed by atoms with Gasteiger partial charge in [0.1, 0.15) is 12.2 Å². The third kappa shape index (κ3) is 5.49. The Morgan fingerprint density at radius 3 is 2.22 bits per heavy atom. The van der Waals surface area contributed by atoms with Crippen LogP contribution in [0.1, 0.15) is 19.4 Å². The van der Waals surface area contributed by atoms with Crippen molar-refractivity contribution in [3.05, 3.63) is 35.9 Å². The van der Waals surface area contributed by atoms with Gasteiger partial charge in [-0.1, -0.05) is 30.3 Å². The minimum Gasteiger partial charge on any atom is -0.467 e. The number of esters is 3. The van der Waals surface area contributed by atoms with E-state index in [9.17, 15) is 19.5 Å². The zero-order valence-corrected chi connectivity index (χ0v) is 15.2. The van der Waals surface area contributed by atoms with Crippen LogP contribution in [0.15, 0.2) is 30.3 Å². The van der Waals surface area contributed by atoms with Gasteiger partial charge in [0.05, 0.1) is 13.7 Å². The van der Waals surface area contributed by atoms with Gasteiger partial charge in [0.2, 0.25) is 6.29 Å². The van der Waals surface area contributed by atoms with E-state index in [-0.39, 0.29) is 6.61 Å². The lowest BCUT2D eigenvalue weighted by Crippen LogP contribution is -2.62. The number of carbonyl (C=O) groups excluding carboxylic acids is 3. The van der Waals surface area contributed by atoms with Crippen molar-refractivity contribution in [3.63, 3.8) is 0 Å². The first-order valence-electron chi connectivity index (χ1n) is 8.24. The number of hydrogen-bond donors (Lipinski definition) is 1. The molecule has 9 heteroatoms. The first kappa shape index (κ1) is 20.8. The molecule has 0 aromatic heterocycles. The fourth-order valence-corrected chi connectivity index (χ4v) is 2.67. The molecule has 1 aliphatic rings. The lowest BCUT2D eigenvalue weighted by Gasteiger charge is -2.41. The average Bonchev–Trinajstić information content (AvgIpc) is 2.63. The summed E-state index contributed by atoms with van der Waals surface area (Å²) in [5, 5.41) is 10.6. The lowest BCUT2D eigenvalue weighted by molar-refractivity contribution is -0.297. The molecule has 2 rings (SSSR count). The van der Waals surface area contributed by atoms with Crippen molar-refractivity contribution in [1.82, 2.24) is 0 Å². The number of methoxy groups -OCH3 is 1. The Bertz CT molecular complexity index is 660. The van der Waals surface area contributed by atoms with E-state index in [1.807, 2.05) is 18.2 Å². The minimum atomic E-state index is -1.52. The molecule has 1 saturated heterocycles. The van der Waals surface area contributed by atoms with Gasteiger partial charge in [-0.05, 0) is 5.56 Å². The van der Waals surface area contributed by atoms with Crippen LogP contribution in [-0.4, -0.2) is 60.8 Å². The minimum absolute atomic E-state index is 0.0566. The van der Waals surface area contributed by atoms with Gasteiger partial charge in [-0.15, -0.1) is 0 Å². The van der Waals surface area contributed by atoms with Gasteiger partial charge in [-0.25, -0.2) is 4.79 Å². The maximum atomic E-state index is 11.9. The molecular weight excluding hydrogens is 360 g/mol. The Morgan fingerprint density at radius 2 is 1.67 bits per heavy atom. The van der Waals surface area contributed by atoms with Crippen LogP contribution in [0.5, 0.6) is 0 Å². The largest absolute Gasteiger partial charge is 0.467 e. The fourth-order valence-electron chi connectivity index (χ4n) is 2.67. The lowest BCUT2D eigenvalue weighted by atomic mass is 9.98. The molecule has 2 unspecified atom stereocenters. The summed E-state index contributed by atoms with van der Waals surface area (Å²) in [6, 6.07) is 9.05. The monoisotopic (exact) mass is 382 g/mol. The number of rotatable bonds is 6. The molecule has 1 heterocycles. The summed E-state index contributed by atoms with van der Waals surface area (Å²) in [6.07, 6.45) is -6.91. The molecule has 0 bridgehead atoms. The highest BCUT2D eigenvalue weighted by Gasteiger charge is 2.52. The predicted octanol–water partition coefficient (Wildman–Crippen LogP) is 0.325. The first-order valence-corrected chi connectivity index (χ1v) is 8.24. The normalized spacial score (nSPS) is 27.5. The summed E-state index contributed by atoms with van der Waals surface area (Å²) < 4.78 is 25.9. The zero-order valence-electron chi connectivity index (χ0n) is 15.2. The summed E-state index contributed by atoms with van der Waals surface area (Å²) in [5.41, 5.74) is 0.788. The second-order valence-corrected chi connectivity index (χ2v) is 5.88. The Labute approximate surface area is 156 Å². The maximum absolute atomic E-state index is 11.9. The number of benzene rings is 1. The van der Waals surface area contributed by atoms with Crippen LogP contribution >= 0.6 is 0 Å². The molecule has 5 atom stereocenters. The standard InChI is InChI=1S/C18H22O9/c1-10(19)25-16-14(24-9-12-7-5-4-6-8-12)13(21)15(17(22)23-3)27-18(16)26-11(2)20/h4-8,13-16,18,21H,9H2,1-3H3/t13-,14+,15?,16?,18+/m0/s1. The zero-order chi connectivity index (χ0) is 20.0. The molecule has 1 aromatic rings. The number of hydrogen-bond acceptors (Lipinski definition) is 9. The summed E-state index contributed by atoms with van der Waals surface area (Å²) in [7, 11) is 1.12. The number of aliphatic hydroxyl groups excluding tert-OH is 1. The molecular formula is C18H22O9. The van der Waals surface area contributed by atoms with Crippen LogP contribution in [0.4, 0.5) is 0 Å². The van der Waals surface area contributed by atoms with E-state index in [0.29, 0.717) is 0 Å². The van der Waals surface area contributed by atoms with Crippen molar-refractivity contribution in [2.24, 2.45) is 0 Å². The number of aliphatic hydroxyl groups is 1. The molecule has 1 aromatic carbocycles. The van der Waals surface area contributed by atoms with Crippen molar-refractivity contribution >= 4 is 17.9 Å². The third-order valence-electron chi connectivity index (χ3n) is 3.82. The predicted molar refractivity (Wildman–Crippen MR) is 89.0 cm³/mol. The molecule has 0 saturated carbocycles. The molecule has 148 valence electrons. The van der Waals surface area contributed by atoms with Crippen LogP contribution in [-0.2, 0) is 44.7 Å². The van der Waals surface area contributed by atoms with Gasteiger partial charge in [0.25, 0.3) is 0 Å². The number of ether oxygens (including phenoxy) is 5. The Balaban J connectivity index is 2.28. The van der Waals surface area contributed by atoms with E-state index < -0.39 is 48.6 Å².